The van der Waals surface area contributed by atoms with E-state index in [4.69, 9.17) is 0 Å². The van der Waals surface area contributed by atoms with Crippen molar-refractivity contribution in [2.24, 2.45) is 0 Å². The van der Waals surface area contributed by atoms with E-state index < -0.39 is 0 Å². The van der Waals surface area contributed by atoms with Crippen molar-refractivity contribution in [3.8, 4) is 0 Å². The van der Waals surface area contributed by atoms with Gasteiger partial charge in [0.05, 0.1) is 12.2 Å². The highest BCUT2D eigenvalue weighted by atomic mass is 16.3. The van der Waals surface area contributed by atoms with E-state index >= 15 is 0 Å². The Kier molecular flexibility index (Phi) is 10.5. The van der Waals surface area contributed by atoms with Crippen molar-refractivity contribution >= 4 is 0 Å². The van der Waals surface area contributed by atoms with Crippen LogP contribution in [-0.4, -0.2) is 70.5 Å². The fourth-order valence-electron chi connectivity index (χ4n) is 2.61. The zero-order valence-electron chi connectivity index (χ0n) is 14.3. The third-order valence-corrected chi connectivity index (χ3v) is 4.03. The van der Waals surface area contributed by atoms with Crippen LogP contribution in [0, 0.1) is 0 Å². The van der Waals surface area contributed by atoms with Crippen molar-refractivity contribution in [1.29, 1.82) is 0 Å². The van der Waals surface area contributed by atoms with E-state index in [0.29, 0.717) is 25.2 Å². The second-order valence-corrected chi connectivity index (χ2v) is 6.21. The fourth-order valence-corrected chi connectivity index (χ4v) is 2.61. The molecule has 0 aromatic heterocycles. The molecule has 122 valence electrons. The van der Waals surface area contributed by atoms with E-state index in [1.54, 1.807) is 13.8 Å². The summed E-state index contributed by atoms with van der Waals surface area (Å²) >= 11 is 0. The van der Waals surface area contributed by atoms with E-state index in [-0.39, 0.29) is 12.2 Å². The predicted octanol–water partition coefficient (Wildman–Crippen LogP) is 1.95. The van der Waals surface area contributed by atoms with Crippen LogP contribution in [-0.2, 0) is 0 Å². The molecule has 0 fully saturated rings. The van der Waals surface area contributed by atoms with Crippen LogP contribution < -0.4 is 0 Å². The molecule has 0 aliphatic heterocycles. The summed E-state index contributed by atoms with van der Waals surface area (Å²) in [5, 5.41) is 19.1. The first-order valence-corrected chi connectivity index (χ1v) is 8.15. The lowest BCUT2D eigenvalue weighted by Crippen LogP contribution is -2.46. The Morgan fingerprint density at radius 3 is 1.45 bits per heavy atom. The summed E-state index contributed by atoms with van der Waals surface area (Å²) < 4.78 is 0. The van der Waals surface area contributed by atoms with E-state index in [1.807, 2.05) is 0 Å². The van der Waals surface area contributed by atoms with Gasteiger partial charge in [-0.1, -0.05) is 13.8 Å². The number of hydrogen-bond donors (Lipinski definition) is 2. The minimum Gasteiger partial charge on any atom is -0.392 e. The second-order valence-electron chi connectivity index (χ2n) is 6.21. The molecular formula is C16H36N2O2. The number of aliphatic hydroxyl groups is 2. The van der Waals surface area contributed by atoms with Gasteiger partial charge in [-0.05, 0) is 40.5 Å². The first-order chi connectivity index (χ1) is 9.31. The molecule has 4 atom stereocenters. The number of hydrogen-bond acceptors (Lipinski definition) is 4. The Labute approximate surface area is 125 Å². The Bertz CT molecular complexity index is 215. The molecule has 0 aromatic rings. The Hall–Kier alpha value is -0.160. The van der Waals surface area contributed by atoms with E-state index in [2.05, 4.69) is 37.5 Å². The van der Waals surface area contributed by atoms with Crippen LogP contribution >= 0.6 is 0 Å². The molecule has 0 saturated heterocycles. The lowest BCUT2D eigenvalue weighted by atomic mass is 10.1. The summed E-state index contributed by atoms with van der Waals surface area (Å²) in [6, 6.07) is 1.15. The van der Waals surface area contributed by atoms with Crippen LogP contribution in [0.2, 0.25) is 0 Å². The topological polar surface area (TPSA) is 46.9 Å². The van der Waals surface area contributed by atoms with Gasteiger partial charge in [-0.2, -0.15) is 0 Å². The van der Waals surface area contributed by atoms with Gasteiger partial charge in [0.15, 0.2) is 0 Å². The molecule has 0 radical (unpaired) electrons. The zero-order chi connectivity index (χ0) is 15.7. The van der Waals surface area contributed by atoms with Gasteiger partial charge < -0.3 is 10.2 Å². The maximum atomic E-state index is 9.57. The van der Waals surface area contributed by atoms with Crippen LogP contribution in [0.15, 0.2) is 0 Å². The molecule has 0 spiro atoms. The van der Waals surface area contributed by atoms with Crippen molar-refractivity contribution in [3.63, 3.8) is 0 Å². The lowest BCUT2D eigenvalue weighted by molar-refractivity contribution is 0.0639. The molecule has 0 bridgehead atoms. The average molecular weight is 288 g/mol. The molecule has 0 aliphatic carbocycles. The van der Waals surface area contributed by atoms with Crippen molar-refractivity contribution in [2.75, 3.05) is 26.2 Å². The van der Waals surface area contributed by atoms with Gasteiger partial charge >= 0.3 is 0 Å². The molecule has 0 aliphatic rings. The van der Waals surface area contributed by atoms with Gasteiger partial charge in [0, 0.05) is 38.3 Å². The van der Waals surface area contributed by atoms with Crippen molar-refractivity contribution in [1.82, 2.24) is 9.80 Å². The largest absolute Gasteiger partial charge is 0.392 e. The maximum absolute atomic E-state index is 9.57. The first-order valence-electron chi connectivity index (χ1n) is 8.15. The van der Waals surface area contributed by atoms with Gasteiger partial charge in [-0.25, -0.2) is 0 Å². The molecule has 4 unspecified atom stereocenters. The van der Waals surface area contributed by atoms with Crippen LogP contribution in [0.1, 0.15) is 54.4 Å². The monoisotopic (exact) mass is 288 g/mol. The van der Waals surface area contributed by atoms with Gasteiger partial charge in [-0.3, -0.25) is 9.80 Å². The molecule has 0 aromatic carbocycles. The minimum atomic E-state index is -0.352. The highest BCUT2D eigenvalue weighted by Crippen LogP contribution is 2.11. The fraction of sp³-hybridized carbons (Fsp3) is 1.00. The first kappa shape index (κ1) is 19.8. The number of rotatable bonds is 11. The number of nitrogens with zero attached hydrogens (tertiary/aromatic N) is 2. The van der Waals surface area contributed by atoms with Gasteiger partial charge in [0.25, 0.3) is 0 Å². The summed E-state index contributed by atoms with van der Waals surface area (Å²) in [7, 11) is 0. The standard InChI is InChI=1S/C16H36N2O2/c1-7-13(3)18(14(4)8-2)10-9-17(11-15(5)19)12-16(6)20/h13-16,19-20H,7-12H2,1-6H3. The van der Waals surface area contributed by atoms with Crippen LogP contribution in [0.4, 0.5) is 0 Å². The smallest absolute Gasteiger partial charge is 0.0639 e. The van der Waals surface area contributed by atoms with Gasteiger partial charge in [-0.15, -0.1) is 0 Å². The molecule has 4 heteroatoms. The molecular weight excluding hydrogens is 252 g/mol. The molecule has 0 amide bonds. The molecule has 2 N–H and O–H groups in total. The second kappa shape index (κ2) is 10.6. The summed E-state index contributed by atoms with van der Waals surface area (Å²) in [6.07, 6.45) is 1.60. The predicted molar refractivity (Wildman–Crippen MR) is 86.0 cm³/mol. The third kappa shape index (κ3) is 8.20. The maximum Gasteiger partial charge on any atom is 0.0639 e. The molecule has 20 heavy (non-hydrogen) atoms. The molecule has 0 saturated carbocycles. The Balaban J connectivity index is 4.51. The van der Waals surface area contributed by atoms with Crippen molar-refractivity contribution in [3.05, 3.63) is 0 Å². The Morgan fingerprint density at radius 2 is 1.15 bits per heavy atom. The minimum absolute atomic E-state index is 0.352. The summed E-state index contributed by atoms with van der Waals surface area (Å²) in [5.41, 5.74) is 0. The van der Waals surface area contributed by atoms with Crippen LogP contribution in [0.25, 0.3) is 0 Å². The van der Waals surface area contributed by atoms with Crippen molar-refractivity contribution < 1.29 is 10.2 Å². The molecule has 0 heterocycles. The zero-order valence-corrected chi connectivity index (χ0v) is 14.3. The lowest BCUT2D eigenvalue weighted by Gasteiger charge is -2.36. The van der Waals surface area contributed by atoms with Gasteiger partial charge in [0.1, 0.15) is 0 Å². The summed E-state index contributed by atoms with van der Waals surface area (Å²) in [5.74, 6) is 0. The highest BCUT2D eigenvalue weighted by molar-refractivity contribution is 4.75. The summed E-state index contributed by atoms with van der Waals surface area (Å²) in [4.78, 5) is 4.70. The van der Waals surface area contributed by atoms with Crippen LogP contribution in [0.3, 0.4) is 0 Å². The summed E-state index contributed by atoms with van der Waals surface area (Å²) in [6.45, 7) is 15.7. The molecule has 0 rings (SSSR count). The average Bonchev–Trinajstić information content (AvgIpc) is 2.36. The van der Waals surface area contributed by atoms with Gasteiger partial charge in [0.2, 0.25) is 0 Å². The quantitative estimate of drug-likeness (QED) is 0.610. The van der Waals surface area contributed by atoms with E-state index in [9.17, 15) is 10.2 Å². The number of aliphatic hydroxyl groups excluding tert-OH is 2. The molecule has 4 nitrogen and oxygen atoms in total. The highest BCUT2D eigenvalue weighted by Gasteiger charge is 2.19. The van der Waals surface area contributed by atoms with Crippen molar-refractivity contribution in [2.45, 2.75) is 78.7 Å². The Morgan fingerprint density at radius 1 is 0.750 bits per heavy atom. The van der Waals surface area contributed by atoms with Crippen LogP contribution in [0.5, 0.6) is 0 Å². The van der Waals surface area contributed by atoms with E-state index in [1.165, 1.54) is 0 Å². The SMILES string of the molecule is CCC(C)N(CCN(CC(C)O)CC(C)O)C(C)CC. The van der Waals surface area contributed by atoms with E-state index in [0.717, 1.165) is 25.9 Å². The normalized spacial score (nSPS) is 18.3. The third-order valence-electron chi connectivity index (χ3n) is 4.03.